The minimum Gasteiger partial charge on any atom is -0.354 e. The number of amides is 1. The zero-order valence-corrected chi connectivity index (χ0v) is 16.6. The van der Waals surface area contributed by atoms with Crippen molar-refractivity contribution in [3.63, 3.8) is 0 Å². The predicted octanol–water partition coefficient (Wildman–Crippen LogP) is 1.28. The molecule has 29 heavy (non-hydrogen) atoms. The molecule has 2 N–H and O–H groups in total. The topological polar surface area (TPSA) is 72.9 Å². The normalized spacial score (nSPS) is 14.6. The lowest BCUT2D eigenvalue weighted by Crippen LogP contribution is -2.53. The third-order valence-corrected chi connectivity index (χ3v) is 4.77. The van der Waals surface area contributed by atoms with Crippen LogP contribution in [0.3, 0.4) is 0 Å². The van der Waals surface area contributed by atoms with Crippen molar-refractivity contribution in [2.45, 2.75) is 6.42 Å². The van der Waals surface area contributed by atoms with E-state index in [1.54, 1.807) is 19.2 Å². The van der Waals surface area contributed by atoms with Crippen LogP contribution in [0.15, 0.2) is 53.7 Å². The molecule has 154 valence electrons. The van der Waals surface area contributed by atoms with E-state index in [2.05, 4.69) is 30.4 Å². The summed E-state index contributed by atoms with van der Waals surface area (Å²) in [4.78, 5) is 25.2. The van der Waals surface area contributed by atoms with Gasteiger partial charge < -0.3 is 20.4 Å². The lowest BCUT2D eigenvalue weighted by molar-refractivity contribution is -0.120. The molecule has 7 nitrogen and oxygen atoms in total. The number of carbonyl (C=O) groups excluding carboxylic acids is 1. The Labute approximate surface area is 170 Å². The number of guanidine groups is 1. The molecular weight excluding hydrogens is 371 g/mol. The number of benzene rings is 1. The smallest absolute Gasteiger partial charge is 0.224 e. The fourth-order valence-corrected chi connectivity index (χ4v) is 3.25. The monoisotopic (exact) mass is 398 g/mol. The SMILES string of the molecule is CN=C(NCCNC(=O)Cc1ccc(F)cc1)N1CCN(c2ccccn2)CC1. The molecule has 2 heterocycles. The molecule has 1 amide bonds. The van der Waals surface area contributed by atoms with E-state index < -0.39 is 0 Å². The van der Waals surface area contributed by atoms with Crippen molar-refractivity contribution in [2.75, 3.05) is 51.2 Å². The van der Waals surface area contributed by atoms with Gasteiger partial charge in [-0.3, -0.25) is 9.79 Å². The highest BCUT2D eigenvalue weighted by Crippen LogP contribution is 2.12. The summed E-state index contributed by atoms with van der Waals surface area (Å²) in [6.07, 6.45) is 2.05. The predicted molar refractivity (Wildman–Crippen MR) is 112 cm³/mol. The minimum absolute atomic E-state index is 0.0858. The van der Waals surface area contributed by atoms with Crippen LogP contribution in [0.25, 0.3) is 0 Å². The van der Waals surface area contributed by atoms with Crippen molar-refractivity contribution in [1.82, 2.24) is 20.5 Å². The maximum Gasteiger partial charge on any atom is 0.224 e. The van der Waals surface area contributed by atoms with E-state index in [4.69, 9.17) is 0 Å². The Balaban J connectivity index is 1.36. The van der Waals surface area contributed by atoms with Crippen molar-refractivity contribution in [1.29, 1.82) is 0 Å². The maximum absolute atomic E-state index is 12.9. The van der Waals surface area contributed by atoms with E-state index in [0.717, 1.165) is 43.5 Å². The third kappa shape index (κ3) is 6.17. The van der Waals surface area contributed by atoms with Gasteiger partial charge >= 0.3 is 0 Å². The van der Waals surface area contributed by atoms with E-state index in [9.17, 15) is 9.18 Å². The van der Waals surface area contributed by atoms with Crippen LogP contribution in [0.5, 0.6) is 0 Å². The first-order valence-electron chi connectivity index (χ1n) is 9.78. The van der Waals surface area contributed by atoms with E-state index >= 15 is 0 Å². The number of nitrogens with zero attached hydrogens (tertiary/aromatic N) is 4. The van der Waals surface area contributed by atoms with Crippen LogP contribution in [-0.2, 0) is 11.2 Å². The molecule has 2 aromatic rings. The molecule has 1 aromatic carbocycles. The summed E-state index contributed by atoms with van der Waals surface area (Å²) in [5.74, 6) is 1.44. The number of hydrogen-bond donors (Lipinski definition) is 2. The molecule has 0 aliphatic carbocycles. The number of anilines is 1. The van der Waals surface area contributed by atoms with Crippen LogP contribution in [0.1, 0.15) is 5.56 Å². The quantitative estimate of drug-likeness (QED) is 0.436. The second-order valence-electron chi connectivity index (χ2n) is 6.79. The van der Waals surface area contributed by atoms with Crippen LogP contribution in [0.2, 0.25) is 0 Å². The van der Waals surface area contributed by atoms with E-state index in [0.29, 0.717) is 13.1 Å². The molecule has 1 saturated heterocycles. The number of halogens is 1. The molecule has 0 radical (unpaired) electrons. The summed E-state index contributed by atoms with van der Waals surface area (Å²) in [7, 11) is 1.76. The molecule has 0 spiro atoms. The Hall–Kier alpha value is -3.16. The summed E-state index contributed by atoms with van der Waals surface area (Å²) >= 11 is 0. The van der Waals surface area contributed by atoms with Gasteiger partial charge in [-0.05, 0) is 29.8 Å². The summed E-state index contributed by atoms with van der Waals surface area (Å²) in [5, 5.41) is 6.17. The Kier molecular flexibility index (Phi) is 7.38. The van der Waals surface area contributed by atoms with Gasteiger partial charge in [0.05, 0.1) is 6.42 Å². The van der Waals surface area contributed by atoms with E-state index in [1.807, 2.05) is 24.4 Å². The van der Waals surface area contributed by atoms with Gasteiger partial charge in [-0.2, -0.15) is 0 Å². The van der Waals surface area contributed by atoms with Gasteiger partial charge in [-0.25, -0.2) is 9.37 Å². The molecule has 1 fully saturated rings. The molecule has 0 atom stereocenters. The highest BCUT2D eigenvalue weighted by Gasteiger charge is 2.20. The van der Waals surface area contributed by atoms with Crippen molar-refractivity contribution >= 4 is 17.7 Å². The first kappa shape index (κ1) is 20.6. The number of aromatic nitrogens is 1. The molecule has 0 saturated carbocycles. The van der Waals surface area contributed by atoms with Gasteiger partial charge in [-0.1, -0.05) is 18.2 Å². The molecule has 3 rings (SSSR count). The third-order valence-electron chi connectivity index (χ3n) is 4.77. The second kappa shape index (κ2) is 10.4. The summed E-state index contributed by atoms with van der Waals surface area (Å²) in [5.41, 5.74) is 0.790. The number of carbonyl (C=O) groups is 1. The largest absolute Gasteiger partial charge is 0.354 e. The maximum atomic E-state index is 12.9. The Morgan fingerprint density at radius 3 is 2.45 bits per heavy atom. The Bertz CT molecular complexity index is 804. The molecule has 0 unspecified atom stereocenters. The number of hydrogen-bond acceptors (Lipinski definition) is 4. The van der Waals surface area contributed by atoms with Crippen LogP contribution in [0, 0.1) is 5.82 Å². The number of pyridine rings is 1. The van der Waals surface area contributed by atoms with Crippen LogP contribution in [-0.4, -0.2) is 68.1 Å². The highest BCUT2D eigenvalue weighted by molar-refractivity contribution is 5.80. The molecular formula is C21H27FN6O. The Morgan fingerprint density at radius 1 is 1.07 bits per heavy atom. The molecule has 1 aliphatic heterocycles. The van der Waals surface area contributed by atoms with Gasteiger partial charge in [-0.15, -0.1) is 0 Å². The second-order valence-corrected chi connectivity index (χ2v) is 6.79. The van der Waals surface area contributed by atoms with E-state index in [-0.39, 0.29) is 18.1 Å². The van der Waals surface area contributed by atoms with Gasteiger partial charge in [0.15, 0.2) is 5.96 Å². The van der Waals surface area contributed by atoms with Crippen LogP contribution >= 0.6 is 0 Å². The molecule has 1 aromatic heterocycles. The number of aliphatic imine (C=N–C) groups is 1. The number of rotatable bonds is 6. The van der Waals surface area contributed by atoms with Crippen molar-refractivity contribution in [3.05, 3.63) is 60.0 Å². The first-order chi connectivity index (χ1) is 14.2. The van der Waals surface area contributed by atoms with Gasteiger partial charge in [0, 0.05) is 52.5 Å². The standard InChI is InChI=1S/C21H27FN6O/c1-23-21(28-14-12-27(13-15-28)19-4-2-3-9-24-19)26-11-10-25-20(29)16-17-5-7-18(22)8-6-17/h2-9H,10-16H2,1H3,(H,23,26)(H,25,29). The average molecular weight is 398 g/mol. The van der Waals surface area contributed by atoms with Gasteiger partial charge in [0.2, 0.25) is 5.91 Å². The summed E-state index contributed by atoms with van der Waals surface area (Å²) in [6, 6.07) is 11.9. The average Bonchev–Trinajstić information content (AvgIpc) is 2.76. The van der Waals surface area contributed by atoms with Crippen molar-refractivity contribution < 1.29 is 9.18 Å². The van der Waals surface area contributed by atoms with Crippen molar-refractivity contribution in [2.24, 2.45) is 4.99 Å². The minimum atomic E-state index is -0.300. The Morgan fingerprint density at radius 2 is 1.79 bits per heavy atom. The number of piperazine rings is 1. The molecule has 8 heteroatoms. The zero-order chi connectivity index (χ0) is 20.5. The van der Waals surface area contributed by atoms with Crippen LogP contribution in [0.4, 0.5) is 10.2 Å². The first-order valence-corrected chi connectivity index (χ1v) is 9.78. The highest BCUT2D eigenvalue weighted by atomic mass is 19.1. The van der Waals surface area contributed by atoms with E-state index in [1.165, 1.54) is 12.1 Å². The zero-order valence-electron chi connectivity index (χ0n) is 16.6. The van der Waals surface area contributed by atoms with Gasteiger partial charge in [0.25, 0.3) is 0 Å². The molecule has 1 aliphatic rings. The lowest BCUT2D eigenvalue weighted by atomic mass is 10.1. The van der Waals surface area contributed by atoms with Crippen molar-refractivity contribution in [3.8, 4) is 0 Å². The molecule has 0 bridgehead atoms. The summed E-state index contributed by atoms with van der Waals surface area (Å²) in [6.45, 7) is 4.55. The fraction of sp³-hybridized carbons (Fsp3) is 0.381. The fourth-order valence-electron chi connectivity index (χ4n) is 3.25. The van der Waals surface area contributed by atoms with Gasteiger partial charge in [0.1, 0.15) is 11.6 Å². The summed E-state index contributed by atoms with van der Waals surface area (Å²) < 4.78 is 12.9. The van der Waals surface area contributed by atoms with Crippen LogP contribution < -0.4 is 15.5 Å². The lowest BCUT2D eigenvalue weighted by Gasteiger charge is -2.37. The number of nitrogens with one attached hydrogen (secondary N) is 2.